The molecular formula is C12H12Cl2N4. The second-order valence-corrected chi connectivity index (χ2v) is 4.52. The van der Waals surface area contributed by atoms with Gasteiger partial charge in [0.25, 0.3) is 0 Å². The predicted octanol–water partition coefficient (Wildman–Crippen LogP) is 3.67. The largest absolute Gasteiger partial charge is 0.370 e. The van der Waals surface area contributed by atoms with E-state index in [0.29, 0.717) is 21.6 Å². The van der Waals surface area contributed by atoms with E-state index in [0.717, 1.165) is 18.8 Å². The Balaban J connectivity index is 2.32. The highest BCUT2D eigenvalue weighted by molar-refractivity contribution is 6.35. The van der Waals surface area contributed by atoms with Crippen molar-refractivity contribution in [3.8, 4) is 11.5 Å². The van der Waals surface area contributed by atoms with Crippen molar-refractivity contribution in [1.29, 1.82) is 0 Å². The molecule has 2 heterocycles. The fourth-order valence-corrected chi connectivity index (χ4v) is 1.87. The molecule has 0 aliphatic carbocycles. The molecule has 0 radical (unpaired) electrons. The van der Waals surface area contributed by atoms with Crippen LogP contribution in [0.2, 0.25) is 10.0 Å². The van der Waals surface area contributed by atoms with Gasteiger partial charge in [-0.3, -0.25) is 0 Å². The Bertz CT molecular complexity index is 545. The van der Waals surface area contributed by atoms with Gasteiger partial charge in [-0.2, -0.15) is 0 Å². The maximum atomic E-state index is 6.07. The van der Waals surface area contributed by atoms with Gasteiger partial charge in [-0.15, -0.1) is 0 Å². The van der Waals surface area contributed by atoms with Gasteiger partial charge in [0, 0.05) is 18.9 Å². The first-order valence-electron chi connectivity index (χ1n) is 5.59. The van der Waals surface area contributed by atoms with Gasteiger partial charge in [0.2, 0.25) is 0 Å². The van der Waals surface area contributed by atoms with Gasteiger partial charge in [-0.25, -0.2) is 15.0 Å². The summed E-state index contributed by atoms with van der Waals surface area (Å²) in [4.78, 5) is 12.7. The molecule has 0 saturated heterocycles. The molecule has 2 rings (SSSR count). The zero-order chi connectivity index (χ0) is 13.0. The van der Waals surface area contributed by atoms with Gasteiger partial charge in [0.05, 0.1) is 10.0 Å². The smallest absolute Gasteiger partial charge is 0.181 e. The van der Waals surface area contributed by atoms with Crippen LogP contribution in [-0.2, 0) is 0 Å². The topological polar surface area (TPSA) is 50.7 Å². The molecule has 0 atom stereocenters. The molecule has 0 unspecified atom stereocenters. The van der Waals surface area contributed by atoms with Crippen molar-refractivity contribution in [2.24, 2.45) is 0 Å². The summed E-state index contributed by atoms with van der Waals surface area (Å²) in [6.07, 6.45) is 4.23. The molecule has 2 aromatic rings. The van der Waals surface area contributed by atoms with Gasteiger partial charge in [-0.05, 0) is 18.6 Å². The molecule has 0 saturated carbocycles. The normalized spacial score (nSPS) is 10.4. The average molecular weight is 283 g/mol. The van der Waals surface area contributed by atoms with E-state index in [-0.39, 0.29) is 0 Å². The number of nitrogens with one attached hydrogen (secondary N) is 1. The van der Waals surface area contributed by atoms with E-state index < -0.39 is 0 Å². The predicted molar refractivity (Wildman–Crippen MR) is 74.1 cm³/mol. The van der Waals surface area contributed by atoms with E-state index in [9.17, 15) is 0 Å². The first-order valence-corrected chi connectivity index (χ1v) is 6.34. The first kappa shape index (κ1) is 13.1. The number of hydrogen-bond donors (Lipinski definition) is 1. The molecule has 0 spiro atoms. The molecule has 6 heteroatoms. The highest BCUT2D eigenvalue weighted by Crippen LogP contribution is 2.25. The fourth-order valence-electron chi connectivity index (χ4n) is 1.40. The van der Waals surface area contributed by atoms with Crippen LogP contribution in [0.5, 0.6) is 0 Å². The molecule has 94 valence electrons. The molecule has 0 aromatic carbocycles. The average Bonchev–Trinajstić information content (AvgIpc) is 2.36. The van der Waals surface area contributed by atoms with Crippen LogP contribution >= 0.6 is 23.2 Å². The maximum Gasteiger partial charge on any atom is 0.181 e. The summed E-state index contributed by atoms with van der Waals surface area (Å²) in [5.74, 6) is 1.24. The third-order valence-corrected chi connectivity index (χ3v) is 2.73. The van der Waals surface area contributed by atoms with E-state index in [4.69, 9.17) is 23.2 Å². The summed E-state index contributed by atoms with van der Waals surface area (Å²) in [5.41, 5.74) is 0.529. The minimum atomic E-state index is 0.440. The second kappa shape index (κ2) is 5.98. The van der Waals surface area contributed by atoms with Crippen molar-refractivity contribution in [2.45, 2.75) is 13.3 Å². The van der Waals surface area contributed by atoms with E-state index in [1.807, 2.05) is 6.07 Å². The third kappa shape index (κ3) is 3.09. The summed E-state index contributed by atoms with van der Waals surface area (Å²) < 4.78 is 0. The fraction of sp³-hybridized carbons (Fsp3) is 0.250. The summed E-state index contributed by atoms with van der Waals surface area (Å²) in [5, 5.41) is 4.12. The van der Waals surface area contributed by atoms with Gasteiger partial charge < -0.3 is 5.32 Å². The minimum absolute atomic E-state index is 0.440. The van der Waals surface area contributed by atoms with Crippen LogP contribution < -0.4 is 5.32 Å². The Morgan fingerprint density at radius 2 is 2.11 bits per heavy atom. The zero-order valence-corrected chi connectivity index (χ0v) is 11.3. The quantitative estimate of drug-likeness (QED) is 0.930. The van der Waals surface area contributed by atoms with Crippen molar-refractivity contribution in [3.63, 3.8) is 0 Å². The van der Waals surface area contributed by atoms with E-state index in [1.54, 1.807) is 12.3 Å². The summed E-state index contributed by atoms with van der Waals surface area (Å²) in [6, 6.07) is 3.43. The molecular weight excluding hydrogens is 271 g/mol. The molecule has 18 heavy (non-hydrogen) atoms. The van der Waals surface area contributed by atoms with Gasteiger partial charge in [0.1, 0.15) is 11.5 Å². The maximum absolute atomic E-state index is 6.07. The van der Waals surface area contributed by atoms with E-state index in [2.05, 4.69) is 27.2 Å². The molecule has 0 bridgehead atoms. The molecule has 0 fully saturated rings. The van der Waals surface area contributed by atoms with Gasteiger partial charge in [0.15, 0.2) is 5.82 Å². The molecule has 0 amide bonds. The van der Waals surface area contributed by atoms with Crippen molar-refractivity contribution in [3.05, 3.63) is 34.6 Å². The summed E-state index contributed by atoms with van der Waals surface area (Å²) in [7, 11) is 0. The third-order valence-electron chi connectivity index (χ3n) is 2.23. The van der Waals surface area contributed by atoms with Gasteiger partial charge >= 0.3 is 0 Å². The van der Waals surface area contributed by atoms with Crippen LogP contribution in [0.4, 0.5) is 5.82 Å². The van der Waals surface area contributed by atoms with Crippen molar-refractivity contribution < 1.29 is 0 Å². The molecule has 4 nitrogen and oxygen atoms in total. The van der Waals surface area contributed by atoms with Gasteiger partial charge in [-0.1, -0.05) is 30.1 Å². The Labute approximate surface area is 115 Å². The first-order chi connectivity index (χ1) is 8.70. The number of anilines is 1. The number of hydrogen-bond acceptors (Lipinski definition) is 4. The Morgan fingerprint density at radius 3 is 2.83 bits per heavy atom. The van der Waals surface area contributed by atoms with Crippen LogP contribution in [0, 0.1) is 0 Å². The molecule has 0 aliphatic rings. The number of aromatic nitrogens is 3. The van der Waals surface area contributed by atoms with E-state index >= 15 is 0 Å². The summed E-state index contributed by atoms with van der Waals surface area (Å²) in [6.45, 7) is 2.95. The monoisotopic (exact) mass is 282 g/mol. The number of rotatable bonds is 4. The zero-order valence-electron chi connectivity index (χ0n) is 9.82. The highest BCUT2D eigenvalue weighted by Gasteiger charge is 2.09. The Morgan fingerprint density at radius 1 is 1.28 bits per heavy atom. The van der Waals surface area contributed by atoms with Crippen LogP contribution in [0.15, 0.2) is 24.5 Å². The SMILES string of the molecule is CCCNc1ccnc(-c2ncc(Cl)cc2Cl)n1. The molecule has 0 aliphatic heterocycles. The van der Waals surface area contributed by atoms with E-state index in [1.165, 1.54) is 6.20 Å². The Hall–Kier alpha value is -1.39. The van der Waals surface area contributed by atoms with Crippen LogP contribution in [0.3, 0.4) is 0 Å². The minimum Gasteiger partial charge on any atom is -0.370 e. The lowest BCUT2D eigenvalue weighted by Gasteiger charge is -2.06. The lowest BCUT2D eigenvalue weighted by Crippen LogP contribution is -2.03. The molecule has 2 aromatic heterocycles. The number of pyridine rings is 1. The van der Waals surface area contributed by atoms with Crippen molar-refractivity contribution in [1.82, 2.24) is 15.0 Å². The van der Waals surface area contributed by atoms with Crippen molar-refractivity contribution >= 4 is 29.0 Å². The van der Waals surface area contributed by atoms with Crippen molar-refractivity contribution in [2.75, 3.05) is 11.9 Å². The molecule has 1 N–H and O–H groups in total. The van der Waals surface area contributed by atoms with Crippen LogP contribution in [-0.4, -0.2) is 21.5 Å². The highest BCUT2D eigenvalue weighted by atomic mass is 35.5. The lowest BCUT2D eigenvalue weighted by molar-refractivity contribution is 0.965. The standard InChI is InChI=1S/C12H12Cl2N4/c1-2-4-15-10-3-5-16-12(18-10)11-9(14)6-8(13)7-17-11/h3,5-7H,2,4H2,1H3,(H,15,16,18). The summed E-state index contributed by atoms with van der Waals surface area (Å²) >= 11 is 11.9. The van der Waals surface area contributed by atoms with Crippen LogP contribution in [0.1, 0.15) is 13.3 Å². The second-order valence-electron chi connectivity index (χ2n) is 3.68. The Kier molecular flexibility index (Phi) is 4.33. The number of nitrogens with zero attached hydrogens (tertiary/aromatic N) is 3. The lowest BCUT2D eigenvalue weighted by atomic mass is 10.3. The van der Waals surface area contributed by atoms with Crippen LogP contribution in [0.25, 0.3) is 11.5 Å². The number of halogens is 2.